The summed E-state index contributed by atoms with van der Waals surface area (Å²) in [6, 6.07) is 0. The minimum Gasteiger partial charge on any atom is -0.179 e. The maximum Gasteiger partial charge on any atom is 0.00210 e. The largest absolute Gasteiger partial charge is 0.179 e. The van der Waals surface area contributed by atoms with E-state index < -0.39 is 0 Å². The van der Waals surface area contributed by atoms with Crippen LogP contribution in [0.15, 0.2) is 0 Å². The molecule has 0 rings (SSSR count). The molecule has 0 heterocycles. The number of thioether (sulfide) groups is 1. The highest BCUT2D eigenvalue weighted by Crippen LogP contribution is 2.09. The molecule has 0 aromatic carbocycles. The molecule has 0 aliphatic rings. The topological polar surface area (TPSA) is 0 Å². The van der Waals surface area contributed by atoms with Crippen LogP contribution in [0.1, 0.15) is 45.4 Å². The Bertz CT molecular complexity index is 64.2. The zero-order valence-electron chi connectivity index (χ0n) is 8.22. The predicted molar refractivity (Wildman–Crippen MR) is 64.6 cm³/mol. The summed E-state index contributed by atoms with van der Waals surface area (Å²) in [7, 11) is 0. The minimum atomic E-state index is 1.03. The Kier molecular flexibility index (Phi) is 12.4. The Morgan fingerprint density at radius 1 is 0.917 bits per heavy atom. The third-order valence-electron chi connectivity index (χ3n) is 1.88. The average molecular weight is 206 g/mol. The van der Waals surface area contributed by atoms with Crippen molar-refractivity contribution in [3.8, 4) is 0 Å². The lowest BCUT2D eigenvalue weighted by atomic mass is 10.1. The van der Waals surface area contributed by atoms with Gasteiger partial charge in [0.15, 0.2) is 0 Å². The molecule has 0 fully saturated rings. The lowest BCUT2D eigenvalue weighted by Gasteiger charge is -1.99. The smallest absolute Gasteiger partial charge is 0.00210 e. The van der Waals surface area contributed by atoms with Crippen LogP contribution in [0.2, 0.25) is 0 Å². The summed E-state index contributed by atoms with van der Waals surface area (Å²) in [6.07, 6.45) is 8.49. The molecule has 0 aromatic heterocycles. The average Bonchev–Trinajstić information content (AvgIpc) is 2.10. The van der Waals surface area contributed by atoms with E-state index in [9.17, 15) is 0 Å². The van der Waals surface area contributed by atoms with Gasteiger partial charge in [-0.25, -0.2) is 0 Å². The van der Waals surface area contributed by atoms with Crippen LogP contribution in [-0.2, 0) is 0 Å². The van der Waals surface area contributed by atoms with Crippen molar-refractivity contribution < 1.29 is 0 Å². The van der Waals surface area contributed by atoms with E-state index in [-0.39, 0.29) is 0 Å². The zero-order valence-corrected chi connectivity index (χ0v) is 9.93. The lowest BCUT2D eigenvalue weighted by molar-refractivity contribution is 0.627. The number of rotatable bonds is 9. The normalized spacial score (nSPS) is 10.5. The summed E-state index contributed by atoms with van der Waals surface area (Å²) in [5.74, 6) is 3.59. The first kappa shape index (κ1) is 12.7. The molecule has 0 N–H and O–H groups in total. The van der Waals surface area contributed by atoms with Crippen LogP contribution in [0.3, 0.4) is 0 Å². The molecule has 0 bridgehead atoms. The van der Waals surface area contributed by atoms with Crippen LogP contribution in [0.25, 0.3) is 0 Å². The molecule has 0 saturated carbocycles. The third kappa shape index (κ3) is 10.7. The Labute approximate surface area is 87.3 Å². The van der Waals surface area contributed by atoms with Crippen LogP contribution in [-0.4, -0.2) is 17.3 Å². The van der Waals surface area contributed by atoms with Crippen molar-refractivity contribution in [2.75, 3.05) is 17.3 Å². The fourth-order valence-electron chi connectivity index (χ4n) is 1.15. The summed E-state index contributed by atoms with van der Waals surface area (Å²) in [6.45, 7) is 2.27. The first-order valence-corrected chi connectivity index (χ1v) is 6.89. The number of unbranched alkanes of at least 4 members (excludes halogenated alkanes) is 5. The van der Waals surface area contributed by atoms with Crippen LogP contribution in [0, 0.1) is 0 Å². The first-order chi connectivity index (χ1) is 5.91. The standard InChI is InChI=1S/C10H22S2/c1-2-3-4-5-6-7-9-12-10-8-11/h11H,2-10H2,1H3. The van der Waals surface area contributed by atoms with Gasteiger partial charge >= 0.3 is 0 Å². The Morgan fingerprint density at radius 3 is 2.25 bits per heavy atom. The van der Waals surface area contributed by atoms with E-state index in [2.05, 4.69) is 19.6 Å². The Hall–Kier alpha value is 0.700. The van der Waals surface area contributed by atoms with Gasteiger partial charge in [0.25, 0.3) is 0 Å². The highest BCUT2D eigenvalue weighted by molar-refractivity contribution is 7.99. The summed E-state index contributed by atoms with van der Waals surface area (Å²) in [4.78, 5) is 0. The summed E-state index contributed by atoms with van der Waals surface area (Å²) >= 11 is 6.21. The van der Waals surface area contributed by atoms with Gasteiger partial charge in [-0.3, -0.25) is 0 Å². The molecule has 0 nitrogen and oxygen atoms in total. The molecule has 0 amide bonds. The van der Waals surface area contributed by atoms with Crippen LogP contribution in [0.4, 0.5) is 0 Å². The molecular weight excluding hydrogens is 184 g/mol. The summed E-state index contributed by atoms with van der Waals surface area (Å²) < 4.78 is 0. The van der Waals surface area contributed by atoms with Crippen molar-refractivity contribution in [2.24, 2.45) is 0 Å². The molecule has 12 heavy (non-hydrogen) atoms. The molecule has 2 heteroatoms. The van der Waals surface area contributed by atoms with Crippen molar-refractivity contribution >= 4 is 24.4 Å². The SMILES string of the molecule is CCCCCCCCSCCS. The predicted octanol–water partition coefficient (Wildman–Crippen LogP) is 4.01. The van der Waals surface area contributed by atoms with Gasteiger partial charge in [0.05, 0.1) is 0 Å². The Balaban J connectivity index is 2.73. The number of thiol groups is 1. The van der Waals surface area contributed by atoms with E-state index in [0.717, 1.165) is 5.75 Å². The fraction of sp³-hybridized carbons (Fsp3) is 1.00. The van der Waals surface area contributed by atoms with Crippen molar-refractivity contribution in [1.29, 1.82) is 0 Å². The van der Waals surface area contributed by atoms with E-state index in [1.807, 2.05) is 11.8 Å². The molecule has 0 aliphatic heterocycles. The molecule has 0 unspecified atom stereocenters. The number of hydrogen-bond acceptors (Lipinski definition) is 2. The first-order valence-electron chi connectivity index (χ1n) is 5.10. The third-order valence-corrected chi connectivity index (χ3v) is 3.47. The van der Waals surface area contributed by atoms with Crippen molar-refractivity contribution in [1.82, 2.24) is 0 Å². The Morgan fingerprint density at radius 2 is 1.58 bits per heavy atom. The monoisotopic (exact) mass is 206 g/mol. The molecule has 0 spiro atoms. The highest BCUT2D eigenvalue weighted by atomic mass is 32.2. The summed E-state index contributed by atoms with van der Waals surface area (Å²) in [5.41, 5.74) is 0. The molecule has 0 aromatic rings. The van der Waals surface area contributed by atoms with Gasteiger partial charge in [-0.2, -0.15) is 24.4 Å². The van der Waals surface area contributed by atoms with Crippen LogP contribution in [0.5, 0.6) is 0 Å². The zero-order chi connectivity index (χ0) is 9.07. The van der Waals surface area contributed by atoms with Gasteiger partial charge in [-0.1, -0.05) is 39.0 Å². The van der Waals surface area contributed by atoms with E-state index in [1.165, 1.54) is 50.0 Å². The van der Waals surface area contributed by atoms with E-state index in [0.29, 0.717) is 0 Å². The summed E-state index contributed by atoms with van der Waals surface area (Å²) in [5, 5.41) is 0. The molecule has 74 valence electrons. The van der Waals surface area contributed by atoms with Crippen LogP contribution < -0.4 is 0 Å². The second-order valence-corrected chi connectivity index (χ2v) is 4.78. The van der Waals surface area contributed by atoms with Crippen molar-refractivity contribution in [3.63, 3.8) is 0 Å². The maximum absolute atomic E-state index is 4.17. The van der Waals surface area contributed by atoms with Gasteiger partial charge in [0.2, 0.25) is 0 Å². The molecule has 0 saturated heterocycles. The fourth-order valence-corrected chi connectivity index (χ4v) is 2.28. The lowest BCUT2D eigenvalue weighted by Crippen LogP contribution is -1.85. The van der Waals surface area contributed by atoms with Gasteiger partial charge in [-0.15, -0.1) is 0 Å². The molecule has 0 aliphatic carbocycles. The van der Waals surface area contributed by atoms with Gasteiger partial charge in [0, 0.05) is 5.75 Å². The van der Waals surface area contributed by atoms with Gasteiger partial charge in [-0.05, 0) is 17.9 Å². The van der Waals surface area contributed by atoms with E-state index in [1.54, 1.807) is 0 Å². The minimum absolute atomic E-state index is 1.03. The van der Waals surface area contributed by atoms with Crippen molar-refractivity contribution in [3.05, 3.63) is 0 Å². The van der Waals surface area contributed by atoms with Crippen LogP contribution >= 0.6 is 24.4 Å². The maximum atomic E-state index is 4.17. The van der Waals surface area contributed by atoms with E-state index in [4.69, 9.17) is 0 Å². The molecular formula is C10H22S2. The molecule has 0 atom stereocenters. The second kappa shape index (κ2) is 11.7. The quantitative estimate of drug-likeness (QED) is 0.439. The highest BCUT2D eigenvalue weighted by Gasteiger charge is 1.90. The molecule has 0 radical (unpaired) electrons. The number of hydrogen-bond donors (Lipinski definition) is 1. The van der Waals surface area contributed by atoms with Gasteiger partial charge in [0.1, 0.15) is 0 Å². The van der Waals surface area contributed by atoms with Crippen molar-refractivity contribution in [2.45, 2.75) is 45.4 Å². The second-order valence-electron chi connectivity index (χ2n) is 3.10. The van der Waals surface area contributed by atoms with Gasteiger partial charge < -0.3 is 0 Å². The van der Waals surface area contributed by atoms with E-state index >= 15 is 0 Å².